The zero-order valence-electron chi connectivity index (χ0n) is 11.9. The topological polar surface area (TPSA) is 52.0 Å². The number of aldehydes is 1. The fourth-order valence-electron chi connectivity index (χ4n) is 4.38. The summed E-state index contributed by atoms with van der Waals surface area (Å²) in [6, 6.07) is 0. The van der Waals surface area contributed by atoms with E-state index in [4.69, 9.17) is 0 Å². The summed E-state index contributed by atoms with van der Waals surface area (Å²) in [4.78, 5) is 23.7. The van der Waals surface area contributed by atoms with Gasteiger partial charge in [-0.25, -0.2) is 0 Å². The number of hydrogen-bond acceptors (Lipinski definition) is 3. The molecule has 4 heteroatoms. The lowest BCUT2D eigenvalue weighted by molar-refractivity contribution is -0.144. The van der Waals surface area contributed by atoms with Crippen LogP contribution in [-0.2, 0) is 28.5 Å². The van der Waals surface area contributed by atoms with Gasteiger partial charge in [0.05, 0.1) is 11.6 Å². The first-order valence-corrected chi connectivity index (χ1v) is 6.83. The van der Waals surface area contributed by atoms with Gasteiger partial charge in [0.25, 0.3) is 0 Å². The Morgan fingerprint density at radius 1 is 1.42 bits per heavy atom. The van der Waals surface area contributed by atoms with Crippen LogP contribution in [0.3, 0.4) is 0 Å². The molecule has 1 unspecified atom stereocenters. The van der Waals surface area contributed by atoms with Gasteiger partial charge in [0.15, 0.2) is 0 Å². The molecule has 3 atom stereocenters. The fourth-order valence-corrected chi connectivity index (χ4v) is 4.38. The predicted molar refractivity (Wildman–Crippen MR) is 70.7 cm³/mol. The summed E-state index contributed by atoms with van der Waals surface area (Å²) >= 11 is 0. The molecular weight excluding hydrogens is 240 g/mol. The molecule has 19 heavy (non-hydrogen) atoms. The first-order valence-electron chi connectivity index (χ1n) is 6.83. The summed E-state index contributed by atoms with van der Waals surface area (Å²) < 4.78 is 1.84. The van der Waals surface area contributed by atoms with Crippen molar-refractivity contribution in [3.05, 3.63) is 17.5 Å². The van der Waals surface area contributed by atoms with Crippen molar-refractivity contribution in [3.63, 3.8) is 0 Å². The molecule has 0 aromatic carbocycles. The summed E-state index contributed by atoms with van der Waals surface area (Å²) in [7, 11) is 1.92. The Morgan fingerprint density at radius 2 is 2.11 bits per heavy atom. The van der Waals surface area contributed by atoms with E-state index in [2.05, 4.69) is 18.2 Å². The highest BCUT2D eigenvalue weighted by Crippen LogP contribution is 2.57. The average molecular weight is 260 g/mol. The van der Waals surface area contributed by atoms with Gasteiger partial charge in [-0.15, -0.1) is 0 Å². The molecule has 0 saturated heterocycles. The van der Waals surface area contributed by atoms with Crippen molar-refractivity contribution in [2.75, 3.05) is 0 Å². The molecule has 1 fully saturated rings. The number of Topliss-reactive ketones (excluding diaryl/α,β-unsaturated/α-hetero) is 1. The maximum Gasteiger partial charge on any atom is 0.148 e. The predicted octanol–water partition coefficient (Wildman–Crippen LogP) is 1.66. The van der Waals surface area contributed by atoms with Crippen molar-refractivity contribution in [3.8, 4) is 0 Å². The number of carbonyl (C=O) groups excluding carboxylic acids is 2. The second-order valence-electron chi connectivity index (χ2n) is 6.88. The quantitative estimate of drug-likeness (QED) is 0.570. The Labute approximate surface area is 113 Å². The third kappa shape index (κ3) is 1.43. The molecule has 4 nitrogen and oxygen atoms in total. The number of aryl methyl sites for hydroxylation is 1. The van der Waals surface area contributed by atoms with E-state index >= 15 is 0 Å². The van der Waals surface area contributed by atoms with Crippen molar-refractivity contribution < 1.29 is 9.59 Å². The number of nitrogens with zero attached hydrogens (tertiary/aromatic N) is 2. The van der Waals surface area contributed by atoms with Crippen LogP contribution >= 0.6 is 0 Å². The molecule has 0 aliphatic heterocycles. The van der Waals surface area contributed by atoms with E-state index in [1.54, 1.807) is 0 Å². The number of carbonyl (C=O) groups is 2. The average Bonchev–Trinajstić information content (AvgIpc) is 2.82. The molecule has 0 bridgehead atoms. The molecule has 0 amide bonds. The van der Waals surface area contributed by atoms with E-state index in [-0.39, 0.29) is 17.1 Å². The van der Waals surface area contributed by atoms with Gasteiger partial charge in [-0.3, -0.25) is 9.48 Å². The molecule has 0 spiro atoms. The standard InChI is InChI=1S/C15H20N2O2/c1-14(2)11-5-9-7-17(4)16-12(9)15(11,3)6-10(8-18)13(14)19/h7-8,10-11H,5-6H2,1-4H3/t10?,11-,15-/m0/s1. The van der Waals surface area contributed by atoms with Crippen molar-refractivity contribution in [2.45, 2.75) is 39.0 Å². The van der Waals surface area contributed by atoms with Gasteiger partial charge in [0.2, 0.25) is 0 Å². The van der Waals surface area contributed by atoms with Crippen LogP contribution < -0.4 is 0 Å². The van der Waals surface area contributed by atoms with Crippen molar-refractivity contribution in [1.82, 2.24) is 9.78 Å². The molecule has 102 valence electrons. The SMILES string of the molecule is Cn1cc2c(n1)[C@@]1(C)CC(C=O)C(=O)C(C)(C)[C@@H]1C2. The third-order valence-corrected chi connectivity index (χ3v) is 5.29. The summed E-state index contributed by atoms with van der Waals surface area (Å²) in [5, 5.41) is 4.60. The van der Waals surface area contributed by atoms with E-state index < -0.39 is 11.3 Å². The largest absolute Gasteiger partial charge is 0.303 e. The minimum atomic E-state index is -0.482. The summed E-state index contributed by atoms with van der Waals surface area (Å²) in [6.07, 6.45) is 4.37. The highest BCUT2D eigenvalue weighted by molar-refractivity contribution is 5.98. The van der Waals surface area contributed by atoms with Gasteiger partial charge >= 0.3 is 0 Å². The smallest absolute Gasteiger partial charge is 0.148 e. The van der Waals surface area contributed by atoms with Crippen LogP contribution in [0, 0.1) is 17.3 Å². The lowest BCUT2D eigenvalue weighted by Gasteiger charge is -2.47. The van der Waals surface area contributed by atoms with Crippen LogP contribution in [-0.4, -0.2) is 21.8 Å². The molecule has 3 rings (SSSR count). The summed E-state index contributed by atoms with van der Waals surface area (Å²) in [5.41, 5.74) is 1.72. The van der Waals surface area contributed by atoms with Crippen molar-refractivity contribution in [2.24, 2.45) is 24.3 Å². The Kier molecular flexibility index (Phi) is 2.35. The molecule has 1 saturated carbocycles. The Hall–Kier alpha value is -1.45. The first kappa shape index (κ1) is 12.6. The summed E-state index contributed by atoms with van der Waals surface area (Å²) in [6.45, 7) is 6.14. The lowest BCUT2D eigenvalue weighted by Crippen LogP contribution is -2.52. The zero-order valence-corrected chi connectivity index (χ0v) is 11.9. The van der Waals surface area contributed by atoms with Crippen LogP contribution in [0.25, 0.3) is 0 Å². The fraction of sp³-hybridized carbons (Fsp3) is 0.667. The maximum atomic E-state index is 12.4. The molecule has 2 aliphatic rings. The van der Waals surface area contributed by atoms with Crippen LogP contribution in [0.1, 0.15) is 38.4 Å². The number of aromatic nitrogens is 2. The monoisotopic (exact) mass is 260 g/mol. The van der Waals surface area contributed by atoms with Gasteiger partial charge in [0, 0.05) is 24.1 Å². The first-order chi connectivity index (χ1) is 8.80. The summed E-state index contributed by atoms with van der Waals surface area (Å²) in [5.74, 6) is -0.133. The number of rotatable bonds is 1. The van der Waals surface area contributed by atoms with Gasteiger partial charge in [-0.2, -0.15) is 5.10 Å². The zero-order chi connectivity index (χ0) is 14.0. The van der Waals surface area contributed by atoms with Crippen LogP contribution in [0.15, 0.2) is 6.20 Å². The molecule has 1 heterocycles. The van der Waals surface area contributed by atoms with E-state index in [0.29, 0.717) is 6.42 Å². The molecule has 2 aliphatic carbocycles. The van der Waals surface area contributed by atoms with Crippen molar-refractivity contribution in [1.29, 1.82) is 0 Å². The van der Waals surface area contributed by atoms with E-state index in [9.17, 15) is 9.59 Å². The molecule has 0 radical (unpaired) electrons. The highest BCUT2D eigenvalue weighted by atomic mass is 16.1. The Balaban J connectivity index is 2.14. The van der Waals surface area contributed by atoms with E-state index in [1.807, 2.05) is 25.6 Å². The second-order valence-corrected chi connectivity index (χ2v) is 6.88. The molecule has 1 aromatic heterocycles. The van der Waals surface area contributed by atoms with Crippen molar-refractivity contribution >= 4 is 12.1 Å². The maximum absolute atomic E-state index is 12.4. The van der Waals surface area contributed by atoms with Gasteiger partial charge in [0.1, 0.15) is 12.1 Å². The van der Waals surface area contributed by atoms with Gasteiger partial charge in [-0.05, 0) is 24.3 Å². The number of hydrogen-bond donors (Lipinski definition) is 0. The van der Waals surface area contributed by atoms with Crippen LogP contribution in [0.4, 0.5) is 0 Å². The van der Waals surface area contributed by atoms with Gasteiger partial charge < -0.3 is 4.79 Å². The number of ketones is 1. The minimum absolute atomic E-state index is 0.0968. The lowest BCUT2D eigenvalue weighted by atomic mass is 9.54. The highest BCUT2D eigenvalue weighted by Gasteiger charge is 2.59. The minimum Gasteiger partial charge on any atom is -0.303 e. The molecule has 0 N–H and O–H groups in total. The van der Waals surface area contributed by atoms with E-state index in [0.717, 1.165) is 18.4 Å². The van der Waals surface area contributed by atoms with E-state index in [1.165, 1.54) is 5.56 Å². The number of fused-ring (bicyclic) bond motifs is 3. The van der Waals surface area contributed by atoms with Gasteiger partial charge in [-0.1, -0.05) is 20.8 Å². The molecule has 1 aromatic rings. The second kappa shape index (κ2) is 3.56. The normalized spacial score (nSPS) is 35.9. The molecular formula is C15H20N2O2. The Bertz CT molecular complexity index is 573. The third-order valence-electron chi connectivity index (χ3n) is 5.29. The van der Waals surface area contributed by atoms with Crippen LogP contribution in [0.2, 0.25) is 0 Å². The Morgan fingerprint density at radius 3 is 2.74 bits per heavy atom. The van der Waals surface area contributed by atoms with Crippen LogP contribution in [0.5, 0.6) is 0 Å².